The van der Waals surface area contributed by atoms with Gasteiger partial charge < -0.3 is 4.18 Å². The highest BCUT2D eigenvalue weighted by Gasteiger charge is 2.37. The van der Waals surface area contributed by atoms with E-state index >= 15 is 0 Å². The minimum absolute atomic E-state index is 0.0487. The van der Waals surface area contributed by atoms with Crippen LogP contribution in [0.15, 0.2) is 41.3 Å². The number of hydrogen-bond donors (Lipinski definition) is 0. The SMILES string of the molecule is Cc1cc(C)c(OS(=O)(=O)c2ccccc2C(F)(F)F)c(C)c1. The molecule has 7 heteroatoms. The van der Waals surface area contributed by atoms with Crippen molar-refractivity contribution in [2.45, 2.75) is 31.8 Å². The Bertz CT molecular complexity index is 817. The quantitative estimate of drug-likeness (QED) is 0.775. The summed E-state index contributed by atoms with van der Waals surface area (Å²) < 4.78 is 68.7. The second-order valence-electron chi connectivity index (χ2n) is 5.26. The standard InChI is InChI=1S/C16H15F3O3S/c1-10-8-11(2)15(12(3)9-10)22-23(20,21)14-7-5-4-6-13(14)16(17,18)19/h4-9H,1-3H3. The van der Waals surface area contributed by atoms with Crippen LogP contribution in [0.4, 0.5) is 13.2 Å². The van der Waals surface area contributed by atoms with Gasteiger partial charge in [0.25, 0.3) is 0 Å². The molecule has 0 radical (unpaired) electrons. The zero-order chi connectivity index (χ0) is 17.4. The van der Waals surface area contributed by atoms with E-state index in [1.165, 1.54) is 6.07 Å². The summed E-state index contributed by atoms with van der Waals surface area (Å²) in [6.45, 7) is 5.11. The lowest BCUT2D eigenvalue weighted by Gasteiger charge is -2.16. The van der Waals surface area contributed by atoms with Crippen LogP contribution < -0.4 is 4.18 Å². The van der Waals surface area contributed by atoms with E-state index in [-0.39, 0.29) is 5.75 Å². The molecule has 0 amide bonds. The Hall–Kier alpha value is -2.02. The van der Waals surface area contributed by atoms with E-state index in [4.69, 9.17) is 4.18 Å². The number of benzene rings is 2. The summed E-state index contributed by atoms with van der Waals surface area (Å²) in [6, 6.07) is 7.35. The molecule has 0 fully saturated rings. The molecule has 0 spiro atoms. The molecular weight excluding hydrogens is 329 g/mol. The first-order valence-corrected chi connectivity index (χ1v) is 8.12. The van der Waals surface area contributed by atoms with Crippen molar-refractivity contribution >= 4 is 10.1 Å². The Labute approximate surface area is 132 Å². The Kier molecular flexibility index (Phi) is 4.43. The van der Waals surface area contributed by atoms with Gasteiger partial charge in [-0.25, -0.2) is 0 Å². The lowest BCUT2D eigenvalue weighted by molar-refractivity contribution is -0.139. The number of hydrogen-bond acceptors (Lipinski definition) is 3. The zero-order valence-electron chi connectivity index (χ0n) is 12.7. The fourth-order valence-electron chi connectivity index (χ4n) is 2.37. The molecule has 0 aliphatic heterocycles. The molecule has 0 bridgehead atoms. The van der Waals surface area contributed by atoms with E-state index in [1.807, 2.05) is 6.92 Å². The van der Waals surface area contributed by atoms with Crippen LogP contribution >= 0.6 is 0 Å². The highest BCUT2D eigenvalue weighted by Crippen LogP contribution is 2.36. The van der Waals surface area contributed by atoms with Crippen LogP contribution in [0.1, 0.15) is 22.3 Å². The molecule has 0 aliphatic carbocycles. The Morgan fingerprint density at radius 2 is 1.48 bits per heavy atom. The third-order valence-corrected chi connectivity index (χ3v) is 4.54. The third-order valence-electron chi connectivity index (χ3n) is 3.26. The summed E-state index contributed by atoms with van der Waals surface area (Å²) in [4.78, 5) is -0.896. The monoisotopic (exact) mass is 344 g/mol. The second kappa shape index (κ2) is 5.88. The van der Waals surface area contributed by atoms with Crippen molar-refractivity contribution in [2.75, 3.05) is 0 Å². The molecule has 23 heavy (non-hydrogen) atoms. The largest absolute Gasteiger partial charge is 0.417 e. The van der Waals surface area contributed by atoms with Crippen molar-refractivity contribution < 1.29 is 25.8 Å². The van der Waals surface area contributed by atoms with E-state index in [2.05, 4.69) is 0 Å². The van der Waals surface area contributed by atoms with Gasteiger partial charge in [0.05, 0.1) is 5.56 Å². The molecule has 0 aromatic heterocycles. The lowest BCUT2D eigenvalue weighted by Crippen LogP contribution is -2.17. The van der Waals surface area contributed by atoms with Crippen LogP contribution in [-0.4, -0.2) is 8.42 Å². The summed E-state index contributed by atoms with van der Waals surface area (Å²) in [5.74, 6) is 0.0487. The first-order chi connectivity index (χ1) is 10.5. The predicted octanol–water partition coefficient (Wildman–Crippen LogP) is 4.40. The molecule has 2 rings (SSSR count). The van der Waals surface area contributed by atoms with Gasteiger partial charge in [-0.1, -0.05) is 29.8 Å². The summed E-state index contributed by atoms with van der Waals surface area (Å²) in [6.07, 6.45) is -4.79. The van der Waals surface area contributed by atoms with Crippen LogP contribution in [0.25, 0.3) is 0 Å². The molecule has 0 N–H and O–H groups in total. The van der Waals surface area contributed by atoms with Gasteiger partial charge >= 0.3 is 16.3 Å². The minimum atomic E-state index is -4.79. The topological polar surface area (TPSA) is 43.4 Å². The smallest absolute Gasteiger partial charge is 0.378 e. The van der Waals surface area contributed by atoms with Crippen molar-refractivity contribution in [1.82, 2.24) is 0 Å². The third kappa shape index (κ3) is 3.67. The minimum Gasteiger partial charge on any atom is -0.378 e. The predicted molar refractivity (Wildman–Crippen MR) is 79.9 cm³/mol. The number of aryl methyl sites for hydroxylation is 3. The van der Waals surface area contributed by atoms with Crippen molar-refractivity contribution in [2.24, 2.45) is 0 Å². The highest BCUT2D eigenvalue weighted by molar-refractivity contribution is 7.87. The molecule has 0 saturated heterocycles. The molecule has 124 valence electrons. The maximum atomic E-state index is 13.0. The molecule has 0 unspecified atom stereocenters. The fraction of sp³-hybridized carbons (Fsp3) is 0.250. The first-order valence-electron chi connectivity index (χ1n) is 6.71. The molecule has 0 saturated carbocycles. The lowest BCUT2D eigenvalue weighted by atomic mass is 10.1. The van der Waals surface area contributed by atoms with E-state index in [9.17, 15) is 21.6 Å². The number of alkyl halides is 3. The fourth-order valence-corrected chi connectivity index (χ4v) is 3.64. The van der Waals surface area contributed by atoms with Crippen molar-refractivity contribution in [3.8, 4) is 5.75 Å². The summed E-state index contributed by atoms with van der Waals surface area (Å²) in [5, 5.41) is 0. The summed E-state index contributed by atoms with van der Waals surface area (Å²) >= 11 is 0. The maximum Gasteiger partial charge on any atom is 0.417 e. The van der Waals surface area contributed by atoms with Crippen LogP contribution in [0.2, 0.25) is 0 Å². The Balaban J connectivity index is 2.54. The van der Waals surface area contributed by atoms with Crippen LogP contribution in [-0.2, 0) is 16.3 Å². The summed E-state index contributed by atoms with van der Waals surface area (Å²) in [5.41, 5.74) is 0.731. The normalized spacial score (nSPS) is 12.3. The molecular formula is C16H15F3O3S. The van der Waals surface area contributed by atoms with Gasteiger partial charge in [-0.15, -0.1) is 0 Å². The molecule has 0 heterocycles. The average molecular weight is 344 g/mol. The average Bonchev–Trinajstić information content (AvgIpc) is 2.42. The first kappa shape index (κ1) is 17.3. The molecule has 0 aliphatic rings. The van der Waals surface area contributed by atoms with Gasteiger partial charge in [0.2, 0.25) is 0 Å². The van der Waals surface area contributed by atoms with Crippen molar-refractivity contribution in [3.05, 3.63) is 58.7 Å². The van der Waals surface area contributed by atoms with E-state index < -0.39 is 26.8 Å². The Morgan fingerprint density at radius 1 is 0.957 bits per heavy atom. The molecule has 3 nitrogen and oxygen atoms in total. The van der Waals surface area contributed by atoms with Crippen LogP contribution in [0.5, 0.6) is 5.75 Å². The number of rotatable bonds is 3. The second-order valence-corrected chi connectivity index (χ2v) is 6.77. The van der Waals surface area contributed by atoms with Crippen LogP contribution in [0, 0.1) is 20.8 Å². The van der Waals surface area contributed by atoms with Gasteiger partial charge in [-0.2, -0.15) is 21.6 Å². The van der Waals surface area contributed by atoms with Crippen molar-refractivity contribution in [3.63, 3.8) is 0 Å². The van der Waals surface area contributed by atoms with Gasteiger partial charge in [0, 0.05) is 0 Å². The maximum absolute atomic E-state index is 13.0. The van der Waals surface area contributed by atoms with Crippen LogP contribution in [0.3, 0.4) is 0 Å². The van der Waals surface area contributed by atoms with Gasteiger partial charge in [-0.05, 0) is 44.0 Å². The van der Waals surface area contributed by atoms with E-state index in [0.29, 0.717) is 17.2 Å². The van der Waals surface area contributed by atoms with Gasteiger partial charge in [0.15, 0.2) is 0 Å². The summed E-state index contributed by atoms with van der Waals surface area (Å²) in [7, 11) is -4.60. The number of halogens is 3. The molecule has 0 atom stereocenters. The zero-order valence-corrected chi connectivity index (χ0v) is 13.5. The molecule has 2 aromatic carbocycles. The van der Waals surface area contributed by atoms with Crippen molar-refractivity contribution in [1.29, 1.82) is 0 Å². The Morgan fingerprint density at radius 3 is 2.00 bits per heavy atom. The molecule has 2 aromatic rings. The van der Waals surface area contributed by atoms with E-state index in [0.717, 1.165) is 17.7 Å². The van der Waals surface area contributed by atoms with E-state index in [1.54, 1.807) is 26.0 Å². The van der Waals surface area contributed by atoms with Gasteiger partial charge in [-0.3, -0.25) is 0 Å². The highest BCUT2D eigenvalue weighted by atomic mass is 32.2. The van der Waals surface area contributed by atoms with Gasteiger partial charge in [0.1, 0.15) is 10.6 Å².